The standard InChI is InChI=1S/C19H27N3O2/c1-15(21-11-5-6-12-21)13-20-19(24)17-9-10-18(23)22(17)14-16-7-3-2-4-8-16/h2-4,7-8,15,17H,5-6,9-14H2,1H3,(H,20,24). The summed E-state index contributed by atoms with van der Waals surface area (Å²) in [6.45, 7) is 5.58. The minimum Gasteiger partial charge on any atom is -0.353 e. The highest BCUT2D eigenvalue weighted by Gasteiger charge is 2.36. The molecule has 2 unspecified atom stereocenters. The molecule has 0 radical (unpaired) electrons. The van der Waals surface area contributed by atoms with Crippen LogP contribution in [0.15, 0.2) is 30.3 Å². The molecule has 2 atom stereocenters. The van der Waals surface area contributed by atoms with E-state index >= 15 is 0 Å². The fraction of sp³-hybridized carbons (Fsp3) is 0.579. The van der Waals surface area contributed by atoms with Gasteiger partial charge in [-0.15, -0.1) is 0 Å². The fourth-order valence-corrected chi connectivity index (χ4v) is 3.66. The van der Waals surface area contributed by atoms with Gasteiger partial charge >= 0.3 is 0 Å². The molecule has 0 saturated carbocycles. The SMILES string of the molecule is CC(CNC(=O)C1CCC(=O)N1Cc1ccccc1)N1CCCC1. The highest BCUT2D eigenvalue weighted by Crippen LogP contribution is 2.21. The summed E-state index contributed by atoms with van der Waals surface area (Å²) in [5.41, 5.74) is 1.07. The first kappa shape index (κ1) is 17.0. The number of hydrogen-bond acceptors (Lipinski definition) is 3. The number of nitrogens with one attached hydrogen (secondary N) is 1. The van der Waals surface area contributed by atoms with Crippen molar-refractivity contribution in [3.05, 3.63) is 35.9 Å². The maximum absolute atomic E-state index is 12.6. The monoisotopic (exact) mass is 329 g/mol. The number of benzene rings is 1. The number of amides is 2. The zero-order valence-corrected chi connectivity index (χ0v) is 14.4. The van der Waals surface area contributed by atoms with Gasteiger partial charge in [0.05, 0.1) is 0 Å². The van der Waals surface area contributed by atoms with Gasteiger partial charge in [0.25, 0.3) is 0 Å². The number of hydrogen-bond donors (Lipinski definition) is 1. The van der Waals surface area contributed by atoms with Crippen LogP contribution in [0, 0.1) is 0 Å². The summed E-state index contributed by atoms with van der Waals surface area (Å²) in [5, 5.41) is 3.06. The molecule has 1 aromatic carbocycles. The largest absolute Gasteiger partial charge is 0.353 e. The van der Waals surface area contributed by atoms with E-state index in [4.69, 9.17) is 0 Å². The van der Waals surface area contributed by atoms with Crippen molar-refractivity contribution in [1.82, 2.24) is 15.1 Å². The van der Waals surface area contributed by atoms with Crippen molar-refractivity contribution < 1.29 is 9.59 Å². The highest BCUT2D eigenvalue weighted by molar-refractivity contribution is 5.90. The maximum atomic E-state index is 12.6. The molecule has 2 saturated heterocycles. The van der Waals surface area contributed by atoms with Crippen molar-refractivity contribution in [1.29, 1.82) is 0 Å². The van der Waals surface area contributed by atoms with E-state index in [1.165, 1.54) is 12.8 Å². The molecule has 2 amide bonds. The van der Waals surface area contributed by atoms with E-state index in [0.717, 1.165) is 18.7 Å². The highest BCUT2D eigenvalue weighted by atomic mass is 16.2. The Morgan fingerprint density at radius 2 is 1.96 bits per heavy atom. The van der Waals surface area contributed by atoms with Crippen LogP contribution in [0.2, 0.25) is 0 Å². The van der Waals surface area contributed by atoms with Crippen LogP contribution >= 0.6 is 0 Å². The normalized spacial score (nSPS) is 22.8. The Hall–Kier alpha value is -1.88. The first-order valence-corrected chi connectivity index (χ1v) is 9.00. The van der Waals surface area contributed by atoms with Crippen molar-refractivity contribution in [2.75, 3.05) is 19.6 Å². The van der Waals surface area contributed by atoms with E-state index in [2.05, 4.69) is 17.1 Å². The van der Waals surface area contributed by atoms with Crippen LogP contribution < -0.4 is 5.32 Å². The summed E-state index contributed by atoms with van der Waals surface area (Å²) in [6, 6.07) is 9.90. The molecule has 1 aromatic rings. The molecule has 2 aliphatic heterocycles. The predicted molar refractivity (Wildman–Crippen MR) is 93.3 cm³/mol. The van der Waals surface area contributed by atoms with Crippen LogP contribution in [0.5, 0.6) is 0 Å². The molecular weight excluding hydrogens is 302 g/mol. The second-order valence-electron chi connectivity index (χ2n) is 6.90. The molecule has 130 valence electrons. The number of nitrogens with zero attached hydrogens (tertiary/aromatic N) is 2. The smallest absolute Gasteiger partial charge is 0.242 e. The predicted octanol–water partition coefficient (Wildman–Crippen LogP) is 1.78. The Morgan fingerprint density at radius 3 is 2.67 bits per heavy atom. The van der Waals surface area contributed by atoms with Crippen molar-refractivity contribution in [2.24, 2.45) is 0 Å². The van der Waals surface area contributed by atoms with Crippen molar-refractivity contribution in [2.45, 2.75) is 51.2 Å². The molecule has 1 N–H and O–H groups in total. The lowest BCUT2D eigenvalue weighted by atomic mass is 10.1. The van der Waals surface area contributed by atoms with Gasteiger partial charge in [0.1, 0.15) is 6.04 Å². The second kappa shape index (κ2) is 7.79. The van der Waals surface area contributed by atoms with E-state index in [1.807, 2.05) is 30.3 Å². The summed E-state index contributed by atoms with van der Waals surface area (Å²) >= 11 is 0. The van der Waals surface area contributed by atoms with Crippen LogP contribution in [0.25, 0.3) is 0 Å². The van der Waals surface area contributed by atoms with Crippen molar-refractivity contribution >= 4 is 11.8 Å². The number of carbonyl (C=O) groups is 2. The lowest BCUT2D eigenvalue weighted by molar-refractivity contribution is -0.135. The molecule has 0 spiro atoms. The summed E-state index contributed by atoms with van der Waals surface area (Å²) in [7, 11) is 0. The molecule has 2 fully saturated rings. The molecule has 24 heavy (non-hydrogen) atoms. The summed E-state index contributed by atoms with van der Waals surface area (Å²) in [5.74, 6) is 0.0643. The van der Waals surface area contributed by atoms with Crippen LogP contribution in [0.1, 0.15) is 38.2 Å². The van der Waals surface area contributed by atoms with Crippen LogP contribution in [0.3, 0.4) is 0 Å². The lowest BCUT2D eigenvalue weighted by Crippen LogP contribution is -2.48. The molecule has 5 heteroatoms. The Morgan fingerprint density at radius 1 is 1.25 bits per heavy atom. The number of likely N-dealkylation sites (tertiary alicyclic amines) is 2. The molecular formula is C19H27N3O2. The molecule has 0 bridgehead atoms. The van der Waals surface area contributed by atoms with Gasteiger partial charge in [-0.3, -0.25) is 14.5 Å². The van der Waals surface area contributed by atoms with Crippen LogP contribution in [0.4, 0.5) is 0 Å². The van der Waals surface area contributed by atoms with Gasteiger partial charge in [0, 0.05) is 25.6 Å². The Labute approximate surface area is 144 Å². The average Bonchev–Trinajstić information content (AvgIpc) is 3.25. The minimum absolute atomic E-state index is 0.0113. The van der Waals surface area contributed by atoms with E-state index in [0.29, 0.717) is 32.0 Å². The van der Waals surface area contributed by atoms with Crippen molar-refractivity contribution in [3.63, 3.8) is 0 Å². The summed E-state index contributed by atoms with van der Waals surface area (Å²) in [6.07, 6.45) is 3.59. The zero-order chi connectivity index (χ0) is 16.9. The Kier molecular flexibility index (Phi) is 5.51. The first-order chi connectivity index (χ1) is 11.6. The quantitative estimate of drug-likeness (QED) is 0.865. The van der Waals surface area contributed by atoms with E-state index in [-0.39, 0.29) is 17.9 Å². The second-order valence-corrected chi connectivity index (χ2v) is 6.90. The summed E-state index contributed by atoms with van der Waals surface area (Å²) in [4.78, 5) is 28.9. The average molecular weight is 329 g/mol. The van der Waals surface area contributed by atoms with Gasteiger partial charge < -0.3 is 10.2 Å². The molecule has 0 aliphatic carbocycles. The van der Waals surface area contributed by atoms with E-state index in [1.54, 1.807) is 4.90 Å². The molecule has 5 nitrogen and oxygen atoms in total. The zero-order valence-electron chi connectivity index (χ0n) is 14.4. The van der Waals surface area contributed by atoms with Crippen molar-refractivity contribution in [3.8, 4) is 0 Å². The van der Waals surface area contributed by atoms with E-state index < -0.39 is 0 Å². The summed E-state index contributed by atoms with van der Waals surface area (Å²) < 4.78 is 0. The molecule has 2 heterocycles. The van der Waals surface area contributed by atoms with Gasteiger partial charge in [-0.05, 0) is 44.8 Å². The first-order valence-electron chi connectivity index (χ1n) is 9.00. The van der Waals surface area contributed by atoms with Crippen LogP contribution in [-0.2, 0) is 16.1 Å². The van der Waals surface area contributed by atoms with Gasteiger partial charge in [0.15, 0.2) is 0 Å². The van der Waals surface area contributed by atoms with Gasteiger partial charge in [0.2, 0.25) is 11.8 Å². The Bertz CT molecular complexity index is 569. The number of rotatable bonds is 6. The fourth-order valence-electron chi connectivity index (χ4n) is 3.66. The molecule has 3 rings (SSSR count). The minimum atomic E-state index is -0.330. The van der Waals surface area contributed by atoms with Crippen LogP contribution in [-0.4, -0.2) is 53.3 Å². The third-order valence-corrected chi connectivity index (χ3v) is 5.16. The molecule has 0 aromatic heterocycles. The van der Waals surface area contributed by atoms with Gasteiger partial charge in [-0.25, -0.2) is 0 Å². The third-order valence-electron chi connectivity index (χ3n) is 5.16. The molecule has 2 aliphatic rings. The lowest BCUT2D eigenvalue weighted by Gasteiger charge is -2.27. The Balaban J connectivity index is 1.55. The van der Waals surface area contributed by atoms with Gasteiger partial charge in [-0.1, -0.05) is 30.3 Å². The number of carbonyl (C=O) groups excluding carboxylic acids is 2. The topological polar surface area (TPSA) is 52.7 Å². The third kappa shape index (κ3) is 3.96. The van der Waals surface area contributed by atoms with E-state index in [9.17, 15) is 9.59 Å². The maximum Gasteiger partial charge on any atom is 0.242 e. The van der Waals surface area contributed by atoms with Gasteiger partial charge in [-0.2, -0.15) is 0 Å².